The standard InChI is InChI=1S/C19H30N2O4S/c1-4-25-17-5-7-18(8-6-17)26(22,23)21-11-9-19(10-12-21)15-20(2)13-16(19)14-24-3/h5-8,16H,4,9-15H2,1-3H3/t16-/m1/s1. The van der Waals surface area contributed by atoms with Crippen molar-refractivity contribution in [3.63, 3.8) is 0 Å². The molecule has 2 heterocycles. The zero-order valence-corrected chi connectivity index (χ0v) is 16.8. The molecule has 0 amide bonds. The SMILES string of the molecule is CCOc1ccc(S(=O)(=O)N2CCC3(CC2)CN(C)C[C@@H]3COC)cc1. The van der Waals surface area contributed by atoms with Crippen LogP contribution >= 0.6 is 0 Å². The van der Waals surface area contributed by atoms with E-state index in [1.54, 1.807) is 35.7 Å². The Morgan fingerprint density at radius 1 is 1.19 bits per heavy atom. The van der Waals surface area contributed by atoms with Gasteiger partial charge in [0.25, 0.3) is 0 Å². The lowest BCUT2D eigenvalue weighted by Gasteiger charge is -2.42. The number of sulfonamides is 1. The summed E-state index contributed by atoms with van der Waals surface area (Å²) in [5, 5.41) is 0. The minimum Gasteiger partial charge on any atom is -0.494 e. The lowest BCUT2D eigenvalue weighted by molar-refractivity contribution is 0.0569. The van der Waals surface area contributed by atoms with Crippen LogP contribution in [0.15, 0.2) is 29.2 Å². The Morgan fingerprint density at radius 3 is 2.42 bits per heavy atom. The molecule has 3 rings (SSSR count). The average Bonchev–Trinajstić information content (AvgIpc) is 2.91. The van der Waals surface area contributed by atoms with Gasteiger partial charge in [0.1, 0.15) is 5.75 Å². The molecule has 0 radical (unpaired) electrons. The molecule has 26 heavy (non-hydrogen) atoms. The zero-order chi connectivity index (χ0) is 18.8. The van der Waals surface area contributed by atoms with Gasteiger partial charge in [0.05, 0.1) is 18.1 Å². The molecule has 7 heteroatoms. The van der Waals surface area contributed by atoms with E-state index >= 15 is 0 Å². The molecule has 1 spiro atoms. The molecule has 1 aromatic carbocycles. The highest BCUT2D eigenvalue weighted by molar-refractivity contribution is 7.89. The van der Waals surface area contributed by atoms with E-state index in [1.807, 2.05) is 6.92 Å². The second-order valence-electron chi connectivity index (χ2n) is 7.52. The van der Waals surface area contributed by atoms with Crippen LogP contribution in [0.5, 0.6) is 5.75 Å². The fourth-order valence-electron chi connectivity index (χ4n) is 4.49. The third-order valence-electron chi connectivity index (χ3n) is 5.84. The summed E-state index contributed by atoms with van der Waals surface area (Å²) in [7, 11) is 0.437. The van der Waals surface area contributed by atoms with Gasteiger partial charge in [-0.2, -0.15) is 4.31 Å². The monoisotopic (exact) mass is 382 g/mol. The van der Waals surface area contributed by atoms with Gasteiger partial charge in [-0.15, -0.1) is 0 Å². The van der Waals surface area contributed by atoms with Crippen molar-refractivity contribution in [3.8, 4) is 5.75 Å². The molecule has 0 aliphatic carbocycles. The molecule has 0 saturated carbocycles. The molecule has 0 unspecified atom stereocenters. The Morgan fingerprint density at radius 2 is 1.85 bits per heavy atom. The summed E-state index contributed by atoms with van der Waals surface area (Å²) in [6.45, 7) is 6.42. The van der Waals surface area contributed by atoms with Crippen LogP contribution in [-0.4, -0.2) is 71.2 Å². The predicted molar refractivity (Wildman–Crippen MR) is 101 cm³/mol. The number of methoxy groups -OCH3 is 1. The number of rotatable bonds is 6. The van der Waals surface area contributed by atoms with Crippen molar-refractivity contribution >= 4 is 10.0 Å². The van der Waals surface area contributed by atoms with Gasteiger partial charge in [-0.05, 0) is 56.5 Å². The molecular weight excluding hydrogens is 352 g/mol. The maximum atomic E-state index is 13.0. The maximum Gasteiger partial charge on any atom is 0.243 e. The quantitative estimate of drug-likeness (QED) is 0.754. The van der Waals surface area contributed by atoms with Gasteiger partial charge in [-0.25, -0.2) is 8.42 Å². The van der Waals surface area contributed by atoms with E-state index in [1.165, 1.54) is 0 Å². The fraction of sp³-hybridized carbons (Fsp3) is 0.684. The van der Waals surface area contributed by atoms with Crippen molar-refractivity contribution in [3.05, 3.63) is 24.3 Å². The number of ether oxygens (including phenoxy) is 2. The van der Waals surface area contributed by atoms with Gasteiger partial charge < -0.3 is 14.4 Å². The van der Waals surface area contributed by atoms with Crippen molar-refractivity contribution < 1.29 is 17.9 Å². The Hall–Kier alpha value is -1.15. The summed E-state index contributed by atoms with van der Waals surface area (Å²) < 4.78 is 38.4. The molecule has 2 fully saturated rings. The number of hydrogen-bond acceptors (Lipinski definition) is 5. The third-order valence-corrected chi connectivity index (χ3v) is 7.75. The molecule has 0 N–H and O–H groups in total. The first-order chi connectivity index (χ1) is 12.4. The van der Waals surface area contributed by atoms with Crippen LogP contribution in [0, 0.1) is 11.3 Å². The van der Waals surface area contributed by atoms with Gasteiger partial charge >= 0.3 is 0 Å². The number of hydrogen-bond donors (Lipinski definition) is 0. The highest BCUT2D eigenvalue weighted by atomic mass is 32.2. The summed E-state index contributed by atoms with van der Waals surface area (Å²) in [6.07, 6.45) is 1.78. The first-order valence-electron chi connectivity index (χ1n) is 9.32. The summed E-state index contributed by atoms with van der Waals surface area (Å²) >= 11 is 0. The molecular formula is C19H30N2O4S. The molecule has 0 bridgehead atoms. The summed E-state index contributed by atoms with van der Waals surface area (Å²) in [5.41, 5.74) is 0.176. The van der Waals surface area contributed by atoms with Gasteiger partial charge in [0.2, 0.25) is 10.0 Å². The van der Waals surface area contributed by atoms with Crippen LogP contribution in [0.1, 0.15) is 19.8 Å². The zero-order valence-electron chi connectivity index (χ0n) is 16.0. The Labute approximate surface area is 157 Å². The summed E-state index contributed by atoms with van der Waals surface area (Å²) in [6, 6.07) is 6.73. The van der Waals surface area contributed by atoms with Crippen molar-refractivity contribution in [2.45, 2.75) is 24.7 Å². The molecule has 6 nitrogen and oxygen atoms in total. The fourth-order valence-corrected chi connectivity index (χ4v) is 5.94. The molecule has 2 aliphatic heterocycles. The molecule has 0 aromatic heterocycles. The predicted octanol–water partition coefficient (Wildman–Crippen LogP) is 2.06. The number of nitrogens with zero attached hydrogens (tertiary/aromatic N) is 2. The second kappa shape index (κ2) is 7.84. The molecule has 2 saturated heterocycles. The van der Waals surface area contributed by atoms with Crippen LogP contribution < -0.4 is 4.74 Å². The Kier molecular flexibility index (Phi) is 5.91. The first kappa shape index (κ1) is 19.6. The Balaban J connectivity index is 1.70. The van der Waals surface area contributed by atoms with Gasteiger partial charge in [-0.3, -0.25) is 0 Å². The highest BCUT2D eigenvalue weighted by Crippen LogP contribution is 2.45. The van der Waals surface area contributed by atoms with E-state index in [0.717, 1.165) is 32.5 Å². The third kappa shape index (κ3) is 3.76. The topological polar surface area (TPSA) is 59.1 Å². The molecule has 1 atom stereocenters. The Bertz CT molecular complexity index is 697. The van der Waals surface area contributed by atoms with E-state index in [4.69, 9.17) is 9.47 Å². The number of likely N-dealkylation sites (tertiary alicyclic amines) is 1. The van der Waals surface area contributed by atoms with Gasteiger partial charge in [0, 0.05) is 39.2 Å². The van der Waals surface area contributed by atoms with Crippen LogP contribution in [0.2, 0.25) is 0 Å². The largest absolute Gasteiger partial charge is 0.494 e. The molecule has 146 valence electrons. The minimum absolute atomic E-state index is 0.176. The van der Waals surface area contributed by atoms with Crippen molar-refractivity contribution in [1.29, 1.82) is 0 Å². The summed E-state index contributed by atoms with van der Waals surface area (Å²) in [4.78, 5) is 2.69. The normalized spacial score (nSPS) is 24.2. The first-order valence-corrected chi connectivity index (χ1v) is 10.8. The number of benzene rings is 1. The van der Waals surface area contributed by atoms with E-state index in [0.29, 0.717) is 36.3 Å². The smallest absolute Gasteiger partial charge is 0.243 e. The number of piperidine rings is 1. The van der Waals surface area contributed by atoms with Crippen molar-refractivity contribution in [2.24, 2.45) is 11.3 Å². The van der Waals surface area contributed by atoms with Crippen LogP contribution in [-0.2, 0) is 14.8 Å². The van der Waals surface area contributed by atoms with Gasteiger partial charge in [-0.1, -0.05) is 0 Å². The van der Waals surface area contributed by atoms with Crippen LogP contribution in [0.25, 0.3) is 0 Å². The minimum atomic E-state index is -3.45. The van der Waals surface area contributed by atoms with Crippen molar-refractivity contribution in [2.75, 3.05) is 53.6 Å². The summed E-state index contributed by atoms with van der Waals surface area (Å²) in [5.74, 6) is 1.17. The molecule has 1 aromatic rings. The van der Waals surface area contributed by atoms with E-state index < -0.39 is 10.0 Å². The van der Waals surface area contributed by atoms with Crippen LogP contribution in [0.3, 0.4) is 0 Å². The lowest BCUT2D eigenvalue weighted by Crippen LogP contribution is -2.47. The second-order valence-corrected chi connectivity index (χ2v) is 9.46. The van der Waals surface area contributed by atoms with E-state index in [-0.39, 0.29) is 5.41 Å². The van der Waals surface area contributed by atoms with Crippen molar-refractivity contribution in [1.82, 2.24) is 9.21 Å². The average molecular weight is 383 g/mol. The van der Waals surface area contributed by atoms with Gasteiger partial charge in [0.15, 0.2) is 0 Å². The highest BCUT2D eigenvalue weighted by Gasteiger charge is 2.48. The molecule has 2 aliphatic rings. The maximum absolute atomic E-state index is 13.0. The van der Waals surface area contributed by atoms with E-state index in [9.17, 15) is 8.42 Å². The van der Waals surface area contributed by atoms with E-state index in [2.05, 4.69) is 11.9 Å². The van der Waals surface area contributed by atoms with Crippen LogP contribution in [0.4, 0.5) is 0 Å². The lowest BCUT2D eigenvalue weighted by atomic mass is 9.71.